The highest BCUT2D eigenvalue weighted by molar-refractivity contribution is 6.03. The largest absolute Gasteiger partial charge is 0.481 e. The minimum Gasteiger partial charge on any atom is -0.481 e. The van der Waals surface area contributed by atoms with Crippen LogP contribution >= 0.6 is 0 Å². The fourth-order valence-electron chi connectivity index (χ4n) is 3.19. The zero-order valence-electron chi connectivity index (χ0n) is 15.9. The highest BCUT2D eigenvalue weighted by Crippen LogP contribution is 2.35. The Hall–Kier alpha value is -3.40. The van der Waals surface area contributed by atoms with Crippen molar-refractivity contribution in [2.24, 2.45) is 0 Å². The van der Waals surface area contributed by atoms with E-state index >= 15 is 0 Å². The van der Waals surface area contributed by atoms with E-state index in [2.05, 4.69) is 21.4 Å². The summed E-state index contributed by atoms with van der Waals surface area (Å²) in [4.78, 5) is 30.8. The Balaban J connectivity index is 2.00. The Morgan fingerprint density at radius 3 is 2.71 bits per heavy atom. The quantitative estimate of drug-likeness (QED) is 0.730. The Morgan fingerprint density at radius 2 is 2.11 bits per heavy atom. The molecule has 1 aliphatic rings. The lowest BCUT2D eigenvalue weighted by Crippen LogP contribution is -2.28. The van der Waals surface area contributed by atoms with E-state index in [-0.39, 0.29) is 11.5 Å². The average Bonchev–Trinajstić information content (AvgIpc) is 3.18. The predicted octanol–water partition coefficient (Wildman–Crippen LogP) is 3.85. The lowest BCUT2D eigenvalue weighted by atomic mass is 9.82. The third-order valence-electron chi connectivity index (χ3n) is 5.07. The summed E-state index contributed by atoms with van der Waals surface area (Å²) in [6.45, 7) is 3.32. The molecule has 0 fully saturated rings. The van der Waals surface area contributed by atoms with Gasteiger partial charge in [0, 0.05) is 11.3 Å². The first-order valence-corrected chi connectivity index (χ1v) is 9.16. The van der Waals surface area contributed by atoms with Crippen molar-refractivity contribution in [3.63, 3.8) is 0 Å². The Bertz CT molecular complexity index is 995. The number of amides is 1. The second kappa shape index (κ2) is 7.69. The molecule has 1 aromatic heterocycles. The first kappa shape index (κ1) is 19.4. The molecule has 1 amide bonds. The number of carbonyl (C=O) groups is 2. The van der Waals surface area contributed by atoms with Gasteiger partial charge in [-0.15, -0.1) is 0 Å². The van der Waals surface area contributed by atoms with E-state index in [1.165, 1.54) is 6.20 Å². The molecule has 1 aliphatic carbocycles. The number of imidazole rings is 1. The number of hydrogen-bond donors (Lipinski definition) is 3. The van der Waals surface area contributed by atoms with Crippen LogP contribution in [0.3, 0.4) is 0 Å². The monoisotopic (exact) mass is 378 g/mol. The average molecular weight is 378 g/mol. The predicted molar refractivity (Wildman–Crippen MR) is 105 cm³/mol. The van der Waals surface area contributed by atoms with Crippen molar-refractivity contribution in [1.29, 1.82) is 5.26 Å². The van der Waals surface area contributed by atoms with E-state index < -0.39 is 17.3 Å². The third-order valence-corrected chi connectivity index (χ3v) is 5.07. The zero-order valence-corrected chi connectivity index (χ0v) is 15.9. The van der Waals surface area contributed by atoms with Crippen molar-refractivity contribution in [1.82, 2.24) is 9.97 Å². The molecule has 7 heteroatoms. The molecule has 3 rings (SSSR count). The van der Waals surface area contributed by atoms with Crippen LogP contribution in [-0.2, 0) is 10.2 Å². The van der Waals surface area contributed by atoms with Crippen molar-refractivity contribution in [3.8, 4) is 6.07 Å². The summed E-state index contributed by atoms with van der Waals surface area (Å²) in [5.74, 6) is -1.31. The van der Waals surface area contributed by atoms with E-state index in [4.69, 9.17) is 5.26 Å². The number of carbonyl (C=O) groups excluding carboxylic acids is 1. The first-order chi connectivity index (χ1) is 13.3. The highest BCUT2D eigenvalue weighted by atomic mass is 16.4. The maximum absolute atomic E-state index is 12.5. The molecule has 7 nitrogen and oxygen atoms in total. The third kappa shape index (κ3) is 3.81. The van der Waals surface area contributed by atoms with E-state index in [1.807, 2.05) is 12.1 Å². The van der Waals surface area contributed by atoms with E-state index in [0.29, 0.717) is 11.3 Å². The van der Waals surface area contributed by atoms with Gasteiger partial charge in [0.15, 0.2) is 5.82 Å². The lowest BCUT2D eigenvalue weighted by Gasteiger charge is -2.23. The summed E-state index contributed by atoms with van der Waals surface area (Å²) in [6, 6.07) is 7.21. The molecule has 2 aromatic rings. The Morgan fingerprint density at radius 1 is 1.32 bits per heavy atom. The van der Waals surface area contributed by atoms with Crippen LogP contribution in [0.5, 0.6) is 0 Å². The minimum atomic E-state index is -1.05. The summed E-state index contributed by atoms with van der Waals surface area (Å²) < 4.78 is 0. The minimum absolute atomic E-state index is 0.0510. The summed E-state index contributed by atoms with van der Waals surface area (Å²) >= 11 is 0. The van der Waals surface area contributed by atoms with Gasteiger partial charge in [-0.2, -0.15) is 5.26 Å². The van der Waals surface area contributed by atoms with Crippen LogP contribution in [0, 0.1) is 11.3 Å². The first-order valence-electron chi connectivity index (χ1n) is 9.16. The van der Waals surface area contributed by atoms with Crippen LogP contribution in [0.4, 0.5) is 5.69 Å². The second-order valence-corrected chi connectivity index (χ2v) is 7.38. The number of anilines is 1. The normalized spacial score (nSPS) is 14.1. The number of aliphatic carboxylic acids is 1. The molecule has 0 unspecified atom stereocenters. The number of aromatic amines is 1. The second-order valence-electron chi connectivity index (χ2n) is 7.38. The van der Waals surface area contributed by atoms with Crippen molar-refractivity contribution in [2.75, 3.05) is 5.32 Å². The number of nitriles is 1. The number of H-pyrrole nitrogens is 1. The fourth-order valence-corrected chi connectivity index (χ4v) is 3.19. The number of carboxylic acid groups (broad SMARTS) is 1. The number of aromatic nitrogens is 2. The van der Waals surface area contributed by atoms with Gasteiger partial charge in [0.1, 0.15) is 11.8 Å². The van der Waals surface area contributed by atoms with Crippen molar-refractivity contribution >= 4 is 23.1 Å². The van der Waals surface area contributed by atoms with E-state index in [9.17, 15) is 14.7 Å². The molecular formula is C21H22N4O3. The number of nitrogens with zero attached hydrogens (tertiary/aromatic N) is 2. The number of hydrogen-bond acceptors (Lipinski definition) is 4. The number of benzene rings is 1. The van der Waals surface area contributed by atoms with Gasteiger partial charge >= 0.3 is 5.97 Å². The van der Waals surface area contributed by atoms with Gasteiger partial charge in [0.2, 0.25) is 0 Å². The summed E-state index contributed by atoms with van der Waals surface area (Å²) in [6.07, 6.45) is 7.45. The molecular weight excluding hydrogens is 356 g/mol. The molecule has 0 saturated carbocycles. The van der Waals surface area contributed by atoms with E-state index in [1.54, 1.807) is 26.0 Å². The fraction of sp³-hybridized carbons (Fsp3) is 0.333. The standard InChI is InChI=1S/C21H22N4O3/c1-21(2,20(27)28)14-8-9-17(16(10-14)13-6-4-3-5-7-13)25-19(26)18-23-12-15(11-22)24-18/h6,8-10,12H,3-5,7H2,1-2H3,(H,23,24)(H,25,26)(H,27,28). The van der Waals surface area contributed by atoms with Gasteiger partial charge in [-0.25, -0.2) is 4.98 Å². The lowest BCUT2D eigenvalue weighted by molar-refractivity contribution is -0.142. The number of carboxylic acids is 1. The van der Waals surface area contributed by atoms with Gasteiger partial charge in [0.25, 0.3) is 5.91 Å². The molecule has 0 radical (unpaired) electrons. The molecule has 3 N–H and O–H groups in total. The van der Waals surface area contributed by atoms with Gasteiger partial charge in [0.05, 0.1) is 11.6 Å². The molecule has 0 aliphatic heterocycles. The number of nitrogens with one attached hydrogen (secondary N) is 2. The van der Waals surface area contributed by atoms with Crippen molar-refractivity contribution < 1.29 is 14.7 Å². The van der Waals surface area contributed by atoms with Crippen LogP contribution in [0.2, 0.25) is 0 Å². The van der Waals surface area contributed by atoms with Gasteiger partial charge < -0.3 is 15.4 Å². The maximum atomic E-state index is 12.5. The van der Waals surface area contributed by atoms with Crippen LogP contribution in [0.1, 0.15) is 67.0 Å². The zero-order chi connectivity index (χ0) is 20.3. The van der Waals surface area contributed by atoms with Crippen LogP contribution < -0.4 is 5.32 Å². The molecule has 144 valence electrons. The molecule has 0 bridgehead atoms. The number of rotatable bonds is 5. The van der Waals surface area contributed by atoms with Crippen LogP contribution in [0.25, 0.3) is 5.57 Å². The highest BCUT2D eigenvalue weighted by Gasteiger charge is 2.30. The van der Waals surface area contributed by atoms with E-state index in [0.717, 1.165) is 36.8 Å². The summed E-state index contributed by atoms with van der Waals surface area (Å²) in [5, 5.41) is 21.3. The summed E-state index contributed by atoms with van der Waals surface area (Å²) in [5.41, 5.74) is 2.35. The molecule has 0 spiro atoms. The van der Waals surface area contributed by atoms with Gasteiger partial charge in [-0.05, 0) is 62.8 Å². The topological polar surface area (TPSA) is 119 Å². The number of allylic oxidation sites excluding steroid dienone is 2. The summed E-state index contributed by atoms with van der Waals surface area (Å²) in [7, 11) is 0. The Labute approximate surface area is 163 Å². The molecule has 0 atom stereocenters. The van der Waals surface area contributed by atoms with Crippen molar-refractivity contribution in [3.05, 3.63) is 53.1 Å². The molecule has 1 aromatic carbocycles. The SMILES string of the molecule is CC(C)(C(=O)O)c1ccc(NC(=O)c2ncc(C#N)[nH]2)c(C2=CCCCC2)c1. The van der Waals surface area contributed by atoms with Crippen LogP contribution in [-0.4, -0.2) is 27.0 Å². The smallest absolute Gasteiger partial charge is 0.313 e. The van der Waals surface area contributed by atoms with Gasteiger partial charge in [-0.3, -0.25) is 9.59 Å². The van der Waals surface area contributed by atoms with Crippen molar-refractivity contribution in [2.45, 2.75) is 44.9 Å². The maximum Gasteiger partial charge on any atom is 0.313 e. The molecule has 1 heterocycles. The molecule has 28 heavy (non-hydrogen) atoms. The Kier molecular flexibility index (Phi) is 5.32. The van der Waals surface area contributed by atoms with Crippen LogP contribution in [0.15, 0.2) is 30.5 Å². The van der Waals surface area contributed by atoms with Gasteiger partial charge in [-0.1, -0.05) is 12.1 Å². The molecule has 0 saturated heterocycles.